The van der Waals surface area contributed by atoms with Crippen molar-refractivity contribution in [3.05, 3.63) is 120 Å². The Hall–Kier alpha value is -4.63. The summed E-state index contributed by atoms with van der Waals surface area (Å²) in [7, 11) is -4.17. The number of aryl methyl sites for hydroxylation is 2. The van der Waals surface area contributed by atoms with Crippen LogP contribution >= 0.6 is 0 Å². The zero-order valence-corrected chi connectivity index (χ0v) is 26.5. The maximum absolute atomic E-state index is 14.1. The molecule has 0 radical (unpaired) electrons. The molecule has 4 aromatic carbocycles. The van der Waals surface area contributed by atoms with E-state index in [1.165, 1.54) is 17.0 Å². The number of amides is 2. The van der Waals surface area contributed by atoms with Gasteiger partial charge in [-0.05, 0) is 88.7 Å². The molecule has 0 unspecified atom stereocenters. The van der Waals surface area contributed by atoms with Crippen molar-refractivity contribution in [3.63, 3.8) is 0 Å². The van der Waals surface area contributed by atoms with Gasteiger partial charge in [-0.1, -0.05) is 65.7 Å². The van der Waals surface area contributed by atoms with Gasteiger partial charge in [0, 0.05) is 12.6 Å². The second-order valence-corrected chi connectivity index (χ2v) is 12.9. The van der Waals surface area contributed by atoms with Crippen molar-refractivity contribution in [2.45, 2.75) is 58.1 Å². The van der Waals surface area contributed by atoms with Crippen molar-refractivity contribution in [1.82, 2.24) is 10.2 Å². The fourth-order valence-corrected chi connectivity index (χ4v) is 6.08. The first kappa shape index (κ1) is 32.3. The van der Waals surface area contributed by atoms with E-state index in [4.69, 9.17) is 4.74 Å². The second-order valence-electron chi connectivity index (χ2n) is 11.1. The van der Waals surface area contributed by atoms with E-state index < -0.39 is 28.5 Å². The highest BCUT2D eigenvalue weighted by Gasteiger charge is 2.32. The number of rotatable bonds is 12. The molecule has 0 aliphatic carbocycles. The summed E-state index contributed by atoms with van der Waals surface area (Å²) < 4.78 is 35.1. The molecule has 0 aromatic heterocycles. The van der Waals surface area contributed by atoms with E-state index in [1.807, 2.05) is 82.3 Å². The molecule has 2 amide bonds. The van der Waals surface area contributed by atoms with Crippen LogP contribution in [0.3, 0.4) is 0 Å². The van der Waals surface area contributed by atoms with Crippen LogP contribution in [0.5, 0.6) is 11.5 Å². The standard InChI is InChI=1S/C35H39N3O5S/c1-25(2)36-35(40)28(5)37(23-29-11-9-10-27(4)22-29)34(39)24-38(44(41,42)33-20-14-26(3)15-21-33)30-16-18-32(19-17-30)43-31-12-7-6-8-13-31/h6-22,25,28H,23-24H2,1-5H3,(H,36,40)/t28-/m0/s1. The SMILES string of the molecule is Cc1ccc(S(=O)(=O)N(CC(=O)N(Cc2cccc(C)c2)[C@@H](C)C(=O)NC(C)C)c2ccc(Oc3ccccc3)cc2)cc1. The average molecular weight is 614 g/mol. The number of hydrogen-bond acceptors (Lipinski definition) is 5. The molecule has 0 saturated carbocycles. The Labute approximate surface area is 260 Å². The van der Waals surface area contributed by atoms with Gasteiger partial charge in [-0.2, -0.15) is 0 Å². The summed E-state index contributed by atoms with van der Waals surface area (Å²) in [6, 6.07) is 28.9. The Balaban J connectivity index is 1.71. The van der Waals surface area contributed by atoms with Crippen LogP contribution in [-0.4, -0.2) is 43.8 Å². The third-order valence-electron chi connectivity index (χ3n) is 7.03. The normalized spacial score (nSPS) is 12.0. The molecule has 44 heavy (non-hydrogen) atoms. The first-order valence-electron chi connectivity index (χ1n) is 14.5. The van der Waals surface area contributed by atoms with Crippen LogP contribution in [0.25, 0.3) is 0 Å². The molecule has 1 N–H and O–H groups in total. The fourth-order valence-electron chi connectivity index (χ4n) is 4.67. The van der Waals surface area contributed by atoms with Gasteiger partial charge in [0.25, 0.3) is 10.0 Å². The Kier molecular flexibility index (Phi) is 10.4. The van der Waals surface area contributed by atoms with Gasteiger partial charge < -0.3 is 15.0 Å². The Morgan fingerprint density at radius 2 is 1.41 bits per heavy atom. The highest BCUT2D eigenvalue weighted by Crippen LogP contribution is 2.29. The predicted molar refractivity (Wildman–Crippen MR) is 173 cm³/mol. The zero-order valence-electron chi connectivity index (χ0n) is 25.7. The lowest BCUT2D eigenvalue weighted by molar-refractivity contribution is -0.139. The number of para-hydroxylation sites is 1. The minimum Gasteiger partial charge on any atom is -0.457 e. The zero-order chi connectivity index (χ0) is 31.9. The predicted octanol–water partition coefficient (Wildman–Crippen LogP) is 6.23. The van der Waals surface area contributed by atoms with Gasteiger partial charge in [-0.3, -0.25) is 13.9 Å². The molecule has 0 fully saturated rings. The summed E-state index contributed by atoms with van der Waals surface area (Å²) in [4.78, 5) is 28.7. The first-order valence-corrected chi connectivity index (χ1v) is 16.0. The van der Waals surface area contributed by atoms with E-state index in [-0.39, 0.29) is 29.1 Å². The maximum Gasteiger partial charge on any atom is 0.264 e. The molecule has 4 rings (SSSR count). The third-order valence-corrected chi connectivity index (χ3v) is 8.81. The van der Waals surface area contributed by atoms with Gasteiger partial charge in [0.05, 0.1) is 10.6 Å². The minimum atomic E-state index is -4.17. The number of carbonyl (C=O) groups excluding carboxylic acids is 2. The van der Waals surface area contributed by atoms with E-state index in [1.54, 1.807) is 43.3 Å². The molecule has 0 aliphatic rings. The largest absolute Gasteiger partial charge is 0.457 e. The van der Waals surface area contributed by atoms with E-state index in [0.29, 0.717) is 11.5 Å². The molecule has 8 nitrogen and oxygen atoms in total. The molecule has 0 heterocycles. The Bertz CT molecular complexity index is 1670. The second kappa shape index (κ2) is 14.2. The number of anilines is 1. The van der Waals surface area contributed by atoms with Crippen LogP contribution in [0, 0.1) is 13.8 Å². The van der Waals surface area contributed by atoms with Crippen molar-refractivity contribution in [3.8, 4) is 11.5 Å². The number of ether oxygens (including phenoxy) is 1. The van der Waals surface area contributed by atoms with Gasteiger partial charge >= 0.3 is 0 Å². The molecule has 0 bridgehead atoms. The summed E-state index contributed by atoms with van der Waals surface area (Å²) in [6.45, 7) is 8.79. The van der Waals surface area contributed by atoms with Gasteiger partial charge in [-0.15, -0.1) is 0 Å². The molecular weight excluding hydrogens is 574 g/mol. The summed E-state index contributed by atoms with van der Waals surface area (Å²) in [5, 5.41) is 2.87. The lowest BCUT2D eigenvalue weighted by atomic mass is 10.1. The topological polar surface area (TPSA) is 96.0 Å². The smallest absolute Gasteiger partial charge is 0.264 e. The van der Waals surface area contributed by atoms with Crippen LogP contribution in [0.2, 0.25) is 0 Å². The van der Waals surface area contributed by atoms with E-state index in [2.05, 4.69) is 5.32 Å². The van der Waals surface area contributed by atoms with Crippen LogP contribution in [0.15, 0.2) is 108 Å². The summed E-state index contributed by atoms with van der Waals surface area (Å²) in [5.74, 6) is 0.314. The molecule has 0 saturated heterocycles. The van der Waals surface area contributed by atoms with Crippen LogP contribution in [0.1, 0.15) is 37.5 Å². The number of sulfonamides is 1. The van der Waals surface area contributed by atoms with E-state index >= 15 is 0 Å². The van der Waals surface area contributed by atoms with Gasteiger partial charge in [0.1, 0.15) is 24.1 Å². The molecule has 0 aliphatic heterocycles. The summed E-state index contributed by atoms with van der Waals surface area (Å²) in [6.07, 6.45) is 0. The van der Waals surface area contributed by atoms with Crippen LogP contribution in [-0.2, 0) is 26.2 Å². The molecule has 0 spiro atoms. The molecular formula is C35H39N3O5S. The number of nitrogens with one attached hydrogen (secondary N) is 1. The van der Waals surface area contributed by atoms with Crippen molar-refractivity contribution in [1.29, 1.82) is 0 Å². The quantitative estimate of drug-likeness (QED) is 0.204. The monoisotopic (exact) mass is 613 g/mol. The maximum atomic E-state index is 14.1. The molecule has 4 aromatic rings. The Morgan fingerprint density at radius 1 is 0.773 bits per heavy atom. The molecule has 1 atom stereocenters. The molecule has 230 valence electrons. The summed E-state index contributed by atoms with van der Waals surface area (Å²) in [5.41, 5.74) is 3.03. The van der Waals surface area contributed by atoms with Gasteiger partial charge in [-0.25, -0.2) is 8.42 Å². The Morgan fingerprint density at radius 3 is 2.02 bits per heavy atom. The number of benzene rings is 4. The highest BCUT2D eigenvalue weighted by atomic mass is 32.2. The minimum absolute atomic E-state index is 0.0522. The number of hydrogen-bond donors (Lipinski definition) is 1. The van der Waals surface area contributed by atoms with E-state index in [0.717, 1.165) is 21.0 Å². The lowest BCUT2D eigenvalue weighted by Gasteiger charge is -2.32. The molecule has 9 heteroatoms. The highest BCUT2D eigenvalue weighted by molar-refractivity contribution is 7.92. The van der Waals surface area contributed by atoms with Crippen LogP contribution in [0.4, 0.5) is 5.69 Å². The van der Waals surface area contributed by atoms with Crippen molar-refractivity contribution in [2.24, 2.45) is 0 Å². The first-order chi connectivity index (χ1) is 20.9. The van der Waals surface area contributed by atoms with E-state index in [9.17, 15) is 18.0 Å². The van der Waals surface area contributed by atoms with Crippen LogP contribution < -0.4 is 14.4 Å². The average Bonchev–Trinajstić information content (AvgIpc) is 2.99. The van der Waals surface area contributed by atoms with Gasteiger partial charge in [0.15, 0.2) is 0 Å². The third kappa shape index (κ3) is 8.26. The summed E-state index contributed by atoms with van der Waals surface area (Å²) >= 11 is 0. The van der Waals surface area contributed by atoms with Crippen molar-refractivity contribution in [2.75, 3.05) is 10.8 Å². The van der Waals surface area contributed by atoms with Crippen molar-refractivity contribution < 1.29 is 22.7 Å². The van der Waals surface area contributed by atoms with Crippen molar-refractivity contribution >= 4 is 27.5 Å². The lowest BCUT2D eigenvalue weighted by Crippen LogP contribution is -2.52. The fraction of sp³-hybridized carbons (Fsp3) is 0.257. The van der Waals surface area contributed by atoms with Gasteiger partial charge in [0.2, 0.25) is 11.8 Å². The number of carbonyl (C=O) groups is 2. The number of nitrogens with zero attached hydrogens (tertiary/aromatic N) is 2.